The van der Waals surface area contributed by atoms with Gasteiger partial charge in [-0.15, -0.1) is 0 Å². The van der Waals surface area contributed by atoms with Crippen molar-refractivity contribution in [3.05, 3.63) is 18.2 Å². The first kappa shape index (κ1) is 14.7. The summed E-state index contributed by atoms with van der Waals surface area (Å²) in [5, 5.41) is 5.71. The zero-order valence-electron chi connectivity index (χ0n) is 12.8. The lowest BCUT2D eigenvalue weighted by Gasteiger charge is -2.18. The van der Waals surface area contributed by atoms with Gasteiger partial charge in [-0.2, -0.15) is 0 Å². The van der Waals surface area contributed by atoms with Crippen molar-refractivity contribution in [1.82, 2.24) is 5.32 Å². The summed E-state index contributed by atoms with van der Waals surface area (Å²) >= 11 is 0. The van der Waals surface area contributed by atoms with E-state index in [0.717, 1.165) is 6.42 Å². The summed E-state index contributed by atoms with van der Waals surface area (Å²) in [6.45, 7) is 4.12. The maximum Gasteiger partial charge on any atom is 0.240 e. The molecule has 0 radical (unpaired) electrons. The molecule has 22 heavy (non-hydrogen) atoms. The number of anilines is 1. The van der Waals surface area contributed by atoms with Gasteiger partial charge in [0.25, 0.3) is 0 Å². The molecule has 1 aromatic rings. The summed E-state index contributed by atoms with van der Waals surface area (Å²) in [5.74, 6) is 0.826. The first-order chi connectivity index (χ1) is 10.5. The molecule has 1 aliphatic carbocycles. The summed E-state index contributed by atoms with van der Waals surface area (Å²) < 4.78 is 10.5. The molecule has 1 unspecified atom stereocenters. The molecular weight excluding hydrogens is 284 g/mol. The van der Waals surface area contributed by atoms with Crippen molar-refractivity contribution >= 4 is 17.5 Å². The molecular formula is C16H20N2O4. The van der Waals surface area contributed by atoms with E-state index in [2.05, 4.69) is 10.6 Å². The largest absolute Gasteiger partial charge is 0.454 e. The first-order valence-electron chi connectivity index (χ1n) is 7.57. The second-order valence-corrected chi connectivity index (χ2v) is 5.89. The molecule has 0 saturated heterocycles. The Hall–Kier alpha value is -2.24. The van der Waals surface area contributed by atoms with Gasteiger partial charge in [-0.1, -0.05) is 6.92 Å². The van der Waals surface area contributed by atoms with Crippen LogP contribution >= 0.6 is 0 Å². The first-order valence-corrected chi connectivity index (χ1v) is 7.57. The van der Waals surface area contributed by atoms with Crippen molar-refractivity contribution in [3.8, 4) is 11.5 Å². The van der Waals surface area contributed by atoms with Crippen LogP contribution in [0.25, 0.3) is 0 Å². The van der Waals surface area contributed by atoms with Crippen molar-refractivity contribution in [2.75, 3.05) is 12.1 Å². The number of amides is 2. The van der Waals surface area contributed by atoms with Crippen molar-refractivity contribution in [1.29, 1.82) is 0 Å². The summed E-state index contributed by atoms with van der Waals surface area (Å²) in [7, 11) is 0. The van der Waals surface area contributed by atoms with Crippen LogP contribution in [0.15, 0.2) is 18.2 Å². The van der Waals surface area contributed by atoms with Gasteiger partial charge in [0.2, 0.25) is 18.6 Å². The zero-order chi connectivity index (χ0) is 15.7. The Morgan fingerprint density at radius 2 is 1.95 bits per heavy atom. The second-order valence-electron chi connectivity index (χ2n) is 5.89. The lowest BCUT2D eigenvalue weighted by molar-refractivity contribution is -0.134. The number of hydrogen-bond donors (Lipinski definition) is 2. The van der Waals surface area contributed by atoms with Crippen LogP contribution in [0.2, 0.25) is 0 Å². The van der Waals surface area contributed by atoms with Gasteiger partial charge in [0.1, 0.15) is 5.41 Å². The number of nitrogens with one attached hydrogen (secondary N) is 2. The van der Waals surface area contributed by atoms with E-state index in [1.807, 2.05) is 13.8 Å². The number of hydrogen-bond acceptors (Lipinski definition) is 4. The number of benzene rings is 1. The SMILES string of the molecule is CCC(C)NC(=O)C1(C(=O)Nc2ccc3c(c2)OCO3)CC1. The highest BCUT2D eigenvalue weighted by atomic mass is 16.7. The van der Waals surface area contributed by atoms with Gasteiger partial charge in [-0.3, -0.25) is 9.59 Å². The molecule has 1 aromatic carbocycles. The molecule has 2 aliphatic rings. The van der Waals surface area contributed by atoms with E-state index in [0.29, 0.717) is 30.0 Å². The van der Waals surface area contributed by atoms with Gasteiger partial charge in [0.05, 0.1) is 0 Å². The Balaban J connectivity index is 1.68. The van der Waals surface area contributed by atoms with E-state index in [1.54, 1.807) is 18.2 Å². The smallest absolute Gasteiger partial charge is 0.240 e. The Morgan fingerprint density at radius 3 is 2.64 bits per heavy atom. The second kappa shape index (κ2) is 5.51. The molecule has 3 rings (SSSR count). The minimum atomic E-state index is -0.917. The topological polar surface area (TPSA) is 76.7 Å². The van der Waals surface area contributed by atoms with E-state index in [9.17, 15) is 9.59 Å². The highest BCUT2D eigenvalue weighted by molar-refractivity contribution is 6.13. The summed E-state index contributed by atoms with van der Waals surface area (Å²) in [4.78, 5) is 24.8. The fourth-order valence-corrected chi connectivity index (χ4v) is 2.37. The molecule has 6 nitrogen and oxygen atoms in total. The van der Waals surface area contributed by atoms with Crippen molar-refractivity contribution in [3.63, 3.8) is 0 Å². The fraction of sp³-hybridized carbons (Fsp3) is 0.500. The van der Waals surface area contributed by atoms with Crippen LogP contribution in [0, 0.1) is 5.41 Å². The van der Waals surface area contributed by atoms with Crippen LogP contribution in [0.4, 0.5) is 5.69 Å². The highest BCUT2D eigenvalue weighted by Gasteiger charge is 2.56. The highest BCUT2D eigenvalue weighted by Crippen LogP contribution is 2.47. The summed E-state index contributed by atoms with van der Waals surface area (Å²) in [5.41, 5.74) is -0.309. The van der Waals surface area contributed by atoms with Gasteiger partial charge in [-0.25, -0.2) is 0 Å². The third-order valence-corrected chi connectivity index (χ3v) is 4.24. The molecule has 1 atom stereocenters. The number of ether oxygens (including phenoxy) is 2. The Kier molecular flexibility index (Phi) is 3.68. The maximum absolute atomic E-state index is 12.5. The van der Waals surface area contributed by atoms with Gasteiger partial charge >= 0.3 is 0 Å². The lowest BCUT2D eigenvalue weighted by Crippen LogP contribution is -2.43. The monoisotopic (exact) mass is 304 g/mol. The quantitative estimate of drug-likeness (QED) is 0.816. The van der Waals surface area contributed by atoms with Gasteiger partial charge in [0, 0.05) is 17.8 Å². The number of carbonyl (C=O) groups excluding carboxylic acids is 2. The lowest BCUT2D eigenvalue weighted by atomic mass is 10.0. The predicted molar refractivity (Wildman–Crippen MR) is 80.8 cm³/mol. The normalized spacial score (nSPS) is 18.5. The molecule has 2 N–H and O–H groups in total. The standard InChI is InChI=1S/C16H20N2O4/c1-3-10(2)17-14(19)16(6-7-16)15(20)18-11-4-5-12-13(8-11)22-9-21-12/h4-5,8,10H,3,6-7,9H2,1-2H3,(H,17,19)(H,18,20). The van der Waals surface area contributed by atoms with E-state index >= 15 is 0 Å². The minimum Gasteiger partial charge on any atom is -0.454 e. The van der Waals surface area contributed by atoms with Gasteiger partial charge in [-0.05, 0) is 38.3 Å². The van der Waals surface area contributed by atoms with Crippen LogP contribution in [0.3, 0.4) is 0 Å². The Labute approximate surface area is 129 Å². The fourth-order valence-electron chi connectivity index (χ4n) is 2.37. The minimum absolute atomic E-state index is 0.0725. The molecule has 1 heterocycles. The molecule has 0 aromatic heterocycles. The molecule has 118 valence electrons. The summed E-state index contributed by atoms with van der Waals surface area (Å²) in [6.07, 6.45) is 2.02. The molecule has 6 heteroatoms. The molecule has 0 spiro atoms. The van der Waals surface area contributed by atoms with Crippen molar-refractivity contribution in [2.45, 2.75) is 39.2 Å². The molecule has 1 aliphatic heterocycles. The van der Waals surface area contributed by atoms with Crippen molar-refractivity contribution in [2.24, 2.45) is 5.41 Å². The van der Waals surface area contributed by atoms with E-state index in [1.165, 1.54) is 0 Å². The van der Waals surface area contributed by atoms with Gasteiger partial charge < -0.3 is 20.1 Å². The third-order valence-electron chi connectivity index (χ3n) is 4.24. The molecule has 2 amide bonds. The van der Waals surface area contributed by atoms with Gasteiger partial charge in [0.15, 0.2) is 11.5 Å². The molecule has 0 bridgehead atoms. The number of fused-ring (bicyclic) bond motifs is 1. The number of rotatable bonds is 5. The Morgan fingerprint density at radius 1 is 1.23 bits per heavy atom. The van der Waals surface area contributed by atoms with Crippen LogP contribution in [-0.4, -0.2) is 24.6 Å². The predicted octanol–water partition coefficient (Wildman–Crippen LogP) is 2.05. The maximum atomic E-state index is 12.5. The summed E-state index contributed by atoms with van der Waals surface area (Å²) in [6, 6.07) is 5.27. The van der Waals surface area contributed by atoms with E-state index < -0.39 is 5.41 Å². The van der Waals surface area contributed by atoms with Crippen LogP contribution in [0.5, 0.6) is 11.5 Å². The number of carbonyl (C=O) groups is 2. The van der Waals surface area contributed by atoms with E-state index in [-0.39, 0.29) is 24.6 Å². The van der Waals surface area contributed by atoms with Crippen molar-refractivity contribution < 1.29 is 19.1 Å². The van der Waals surface area contributed by atoms with Crippen LogP contribution in [-0.2, 0) is 9.59 Å². The average molecular weight is 304 g/mol. The third kappa shape index (κ3) is 2.61. The van der Waals surface area contributed by atoms with E-state index in [4.69, 9.17) is 9.47 Å². The van der Waals surface area contributed by atoms with Crippen LogP contribution in [0.1, 0.15) is 33.1 Å². The zero-order valence-corrected chi connectivity index (χ0v) is 12.8. The molecule has 1 saturated carbocycles. The molecule has 1 fully saturated rings. The average Bonchev–Trinajstić information content (AvgIpc) is 3.20. The Bertz CT molecular complexity index is 610. The van der Waals surface area contributed by atoms with Crippen LogP contribution < -0.4 is 20.1 Å².